The van der Waals surface area contributed by atoms with Crippen LogP contribution in [0.5, 0.6) is 0 Å². The van der Waals surface area contributed by atoms with Crippen LogP contribution < -0.4 is 0 Å². The van der Waals surface area contributed by atoms with Gasteiger partial charge in [0.2, 0.25) is 0 Å². The Morgan fingerprint density at radius 1 is 1.64 bits per heavy atom. The summed E-state index contributed by atoms with van der Waals surface area (Å²) in [4.78, 5) is 10.4. The molecule has 14 heavy (non-hydrogen) atoms. The zero-order valence-electron chi connectivity index (χ0n) is 7.18. The first-order chi connectivity index (χ1) is 6.74. The second-order valence-electron chi connectivity index (χ2n) is 2.37. The minimum absolute atomic E-state index is 0.312. The number of allylic oxidation sites excluding steroid dienone is 2. The van der Waals surface area contributed by atoms with Crippen LogP contribution in [-0.2, 0) is 4.79 Å². The Labute approximate surface area is 80.4 Å². The van der Waals surface area contributed by atoms with Gasteiger partial charge in [-0.25, -0.2) is 4.79 Å². The van der Waals surface area contributed by atoms with E-state index in [1.54, 1.807) is 24.3 Å². The SMILES string of the molecule is N#C/C(=C\C=C\c1ccco1)C(=O)O. The summed E-state index contributed by atoms with van der Waals surface area (Å²) in [6, 6.07) is 4.99. The fourth-order valence-electron chi connectivity index (χ4n) is 0.782. The van der Waals surface area contributed by atoms with Crippen LogP contribution in [0, 0.1) is 11.3 Å². The van der Waals surface area contributed by atoms with Gasteiger partial charge in [-0.3, -0.25) is 0 Å². The summed E-state index contributed by atoms with van der Waals surface area (Å²) in [5, 5.41) is 16.9. The highest BCUT2D eigenvalue weighted by molar-refractivity contribution is 5.91. The molecule has 4 heteroatoms. The molecule has 1 aromatic rings. The molecule has 0 atom stereocenters. The van der Waals surface area contributed by atoms with Crippen molar-refractivity contribution in [3.63, 3.8) is 0 Å². The van der Waals surface area contributed by atoms with E-state index in [4.69, 9.17) is 14.8 Å². The lowest BCUT2D eigenvalue weighted by atomic mass is 10.2. The highest BCUT2D eigenvalue weighted by Crippen LogP contribution is 2.03. The summed E-state index contributed by atoms with van der Waals surface area (Å²) < 4.78 is 4.96. The first-order valence-electron chi connectivity index (χ1n) is 3.79. The Hall–Kier alpha value is -2.28. The maximum Gasteiger partial charge on any atom is 0.346 e. The Morgan fingerprint density at radius 3 is 2.93 bits per heavy atom. The Balaban J connectivity index is 2.71. The molecule has 1 rings (SSSR count). The third-order valence-corrected chi connectivity index (χ3v) is 1.42. The fourth-order valence-corrected chi connectivity index (χ4v) is 0.782. The molecule has 1 heterocycles. The quantitative estimate of drug-likeness (QED) is 0.447. The third kappa shape index (κ3) is 2.64. The van der Waals surface area contributed by atoms with Gasteiger partial charge in [0.15, 0.2) is 0 Å². The van der Waals surface area contributed by atoms with Crippen LogP contribution in [0.2, 0.25) is 0 Å². The summed E-state index contributed by atoms with van der Waals surface area (Å²) in [6.45, 7) is 0. The zero-order valence-corrected chi connectivity index (χ0v) is 7.18. The maximum atomic E-state index is 10.4. The van der Waals surface area contributed by atoms with Crippen LogP contribution in [-0.4, -0.2) is 11.1 Å². The van der Waals surface area contributed by atoms with Crippen molar-refractivity contribution < 1.29 is 14.3 Å². The molecular weight excluding hydrogens is 182 g/mol. The normalized spacial score (nSPS) is 11.5. The van der Waals surface area contributed by atoms with Crippen molar-refractivity contribution in [2.24, 2.45) is 0 Å². The van der Waals surface area contributed by atoms with Gasteiger partial charge in [-0.15, -0.1) is 0 Å². The van der Waals surface area contributed by atoms with Crippen molar-refractivity contribution >= 4 is 12.0 Å². The molecule has 1 N–H and O–H groups in total. The number of aliphatic carboxylic acids is 1. The summed E-state index contributed by atoms with van der Waals surface area (Å²) in [7, 11) is 0. The van der Waals surface area contributed by atoms with Crippen molar-refractivity contribution in [2.45, 2.75) is 0 Å². The molecule has 0 aliphatic carbocycles. The van der Waals surface area contributed by atoms with E-state index >= 15 is 0 Å². The van der Waals surface area contributed by atoms with Gasteiger partial charge in [0.25, 0.3) is 0 Å². The molecule has 4 nitrogen and oxygen atoms in total. The molecule has 1 aromatic heterocycles. The minimum Gasteiger partial charge on any atom is -0.477 e. The molecule has 70 valence electrons. The molecular formula is C10H7NO3. The molecule has 0 radical (unpaired) electrons. The first-order valence-corrected chi connectivity index (χ1v) is 3.79. The highest BCUT2D eigenvalue weighted by Gasteiger charge is 2.02. The predicted octanol–water partition coefficient (Wildman–Crippen LogP) is 1.83. The summed E-state index contributed by atoms with van der Waals surface area (Å²) in [5.74, 6) is -0.638. The van der Waals surface area contributed by atoms with E-state index in [-0.39, 0.29) is 5.57 Å². The number of nitriles is 1. The van der Waals surface area contributed by atoms with Crippen molar-refractivity contribution in [3.8, 4) is 6.07 Å². The summed E-state index contributed by atoms with van der Waals surface area (Å²) in [5.41, 5.74) is -0.312. The predicted molar refractivity (Wildman–Crippen MR) is 49.1 cm³/mol. The number of carbonyl (C=O) groups is 1. The number of hydrogen-bond donors (Lipinski definition) is 1. The lowest BCUT2D eigenvalue weighted by Gasteiger charge is -1.84. The average molecular weight is 189 g/mol. The van der Waals surface area contributed by atoms with Crippen molar-refractivity contribution in [1.82, 2.24) is 0 Å². The fraction of sp³-hybridized carbons (Fsp3) is 0. The van der Waals surface area contributed by atoms with Crippen LogP contribution in [0.4, 0.5) is 0 Å². The molecule has 0 amide bonds. The Kier molecular flexibility index (Phi) is 3.27. The maximum absolute atomic E-state index is 10.4. The van der Waals surface area contributed by atoms with Crippen LogP contribution in [0.25, 0.3) is 6.08 Å². The molecule has 0 saturated heterocycles. The third-order valence-electron chi connectivity index (χ3n) is 1.42. The standard InChI is InChI=1S/C10H7NO3/c11-7-8(10(12)13)3-1-4-9-5-2-6-14-9/h1-6H,(H,12,13)/b4-1+,8-3+. The molecule has 0 unspecified atom stereocenters. The van der Waals surface area contributed by atoms with E-state index < -0.39 is 5.97 Å². The molecule has 0 aromatic carbocycles. The largest absolute Gasteiger partial charge is 0.477 e. The monoisotopic (exact) mass is 189 g/mol. The van der Waals surface area contributed by atoms with Crippen LogP contribution in [0.1, 0.15) is 5.76 Å². The van der Waals surface area contributed by atoms with E-state index in [1.165, 1.54) is 18.4 Å². The van der Waals surface area contributed by atoms with Gasteiger partial charge in [-0.05, 0) is 24.3 Å². The molecule has 0 fully saturated rings. The van der Waals surface area contributed by atoms with Crippen LogP contribution in [0.15, 0.2) is 40.5 Å². The first kappa shape index (κ1) is 9.81. The molecule has 0 spiro atoms. The lowest BCUT2D eigenvalue weighted by Crippen LogP contribution is -1.96. The number of carboxylic acids is 1. The van der Waals surface area contributed by atoms with Gasteiger partial charge in [-0.1, -0.05) is 6.08 Å². The second kappa shape index (κ2) is 4.67. The number of rotatable bonds is 3. The van der Waals surface area contributed by atoms with E-state index in [1.807, 2.05) is 0 Å². The van der Waals surface area contributed by atoms with Crippen molar-refractivity contribution in [3.05, 3.63) is 41.9 Å². The number of furan rings is 1. The van der Waals surface area contributed by atoms with Crippen LogP contribution >= 0.6 is 0 Å². The average Bonchev–Trinajstić information content (AvgIpc) is 2.64. The smallest absolute Gasteiger partial charge is 0.346 e. The number of hydrogen-bond acceptors (Lipinski definition) is 3. The highest BCUT2D eigenvalue weighted by atomic mass is 16.4. The lowest BCUT2D eigenvalue weighted by molar-refractivity contribution is -0.132. The molecule has 0 aliphatic heterocycles. The van der Waals surface area contributed by atoms with E-state index in [0.717, 1.165) is 0 Å². The summed E-state index contributed by atoms with van der Waals surface area (Å²) in [6.07, 6.45) is 5.74. The van der Waals surface area contributed by atoms with E-state index in [0.29, 0.717) is 5.76 Å². The van der Waals surface area contributed by atoms with Gasteiger partial charge in [0.1, 0.15) is 17.4 Å². The van der Waals surface area contributed by atoms with Gasteiger partial charge in [-0.2, -0.15) is 5.26 Å². The van der Waals surface area contributed by atoms with Crippen molar-refractivity contribution in [1.29, 1.82) is 5.26 Å². The second-order valence-corrected chi connectivity index (χ2v) is 2.37. The molecule has 0 aliphatic rings. The topological polar surface area (TPSA) is 74.2 Å². The van der Waals surface area contributed by atoms with Crippen molar-refractivity contribution in [2.75, 3.05) is 0 Å². The number of carboxylic acid groups (broad SMARTS) is 1. The zero-order chi connectivity index (χ0) is 10.4. The van der Waals surface area contributed by atoms with Crippen LogP contribution in [0.3, 0.4) is 0 Å². The van der Waals surface area contributed by atoms with Gasteiger partial charge in [0.05, 0.1) is 6.26 Å². The Bertz CT molecular complexity index is 407. The minimum atomic E-state index is -1.24. The molecule has 0 saturated carbocycles. The number of nitrogens with zero attached hydrogens (tertiary/aromatic N) is 1. The summed E-state index contributed by atoms with van der Waals surface area (Å²) >= 11 is 0. The Morgan fingerprint density at radius 2 is 2.43 bits per heavy atom. The van der Waals surface area contributed by atoms with Gasteiger partial charge < -0.3 is 9.52 Å². The van der Waals surface area contributed by atoms with Gasteiger partial charge >= 0.3 is 5.97 Å². The van der Waals surface area contributed by atoms with E-state index in [2.05, 4.69) is 0 Å². The van der Waals surface area contributed by atoms with Gasteiger partial charge in [0, 0.05) is 0 Å². The molecule has 0 bridgehead atoms. The van der Waals surface area contributed by atoms with E-state index in [9.17, 15) is 4.79 Å².